The number of rotatable bonds is 21. The molecule has 0 unspecified atom stereocenters. The highest BCUT2D eigenvalue weighted by atomic mass is 16.6. The van der Waals surface area contributed by atoms with E-state index >= 15 is 0 Å². The first kappa shape index (κ1) is 54.9. The molecule has 73 heavy (non-hydrogen) atoms. The first-order valence-electron chi connectivity index (χ1n) is 22.8. The third-order valence-corrected chi connectivity index (χ3v) is 10.6. The highest BCUT2D eigenvalue weighted by Crippen LogP contribution is 2.31. The van der Waals surface area contributed by atoms with Crippen LogP contribution in [0, 0.1) is 0 Å². The molecule has 0 radical (unpaired) electrons. The van der Waals surface area contributed by atoms with Gasteiger partial charge >= 0.3 is 18.0 Å². The van der Waals surface area contributed by atoms with Crippen LogP contribution in [0.15, 0.2) is 133 Å². The van der Waals surface area contributed by atoms with Crippen molar-refractivity contribution in [2.45, 2.75) is 32.6 Å². The number of carbonyl (C=O) groups excluding carboxylic acids is 5. The molecular formula is C57H58N2O14. The molecule has 3 amide bonds. The van der Waals surface area contributed by atoms with Crippen LogP contribution >= 0.6 is 0 Å². The summed E-state index contributed by atoms with van der Waals surface area (Å²) in [5.41, 5.74) is 10.6. The van der Waals surface area contributed by atoms with Crippen molar-refractivity contribution in [2.24, 2.45) is 5.73 Å². The lowest BCUT2D eigenvalue weighted by molar-refractivity contribution is -0.134. The fourth-order valence-corrected chi connectivity index (χ4v) is 6.89. The molecule has 0 bridgehead atoms. The smallest absolute Gasteiger partial charge is 0.413 e. The summed E-state index contributed by atoms with van der Waals surface area (Å²) in [5.74, 6) is 3.17. The number of hydrogen-bond acceptors (Lipinski definition) is 14. The number of imide groups is 1. The van der Waals surface area contributed by atoms with E-state index in [9.17, 15) is 24.0 Å². The highest BCUT2D eigenvalue weighted by molar-refractivity contribution is 6.22. The van der Waals surface area contributed by atoms with E-state index in [1.54, 1.807) is 145 Å². The Morgan fingerprint density at radius 2 is 0.808 bits per heavy atom. The summed E-state index contributed by atoms with van der Waals surface area (Å²) in [6.07, 6.45) is 4.19. The van der Waals surface area contributed by atoms with Gasteiger partial charge in [0.05, 0.1) is 60.4 Å². The number of ether oxygens (including phenoxy) is 9. The summed E-state index contributed by atoms with van der Waals surface area (Å²) >= 11 is 0. The van der Waals surface area contributed by atoms with Crippen LogP contribution in [0.25, 0.3) is 23.3 Å². The molecule has 6 rings (SSSR count). The van der Waals surface area contributed by atoms with Crippen LogP contribution in [0.2, 0.25) is 0 Å². The molecule has 16 heteroatoms. The van der Waals surface area contributed by atoms with Gasteiger partial charge in [-0.15, -0.1) is 0 Å². The van der Waals surface area contributed by atoms with E-state index in [2.05, 4.69) is 5.32 Å². The number of alkyl carbamates (subject to hydrolysis) is 1. The minimum absolute atomic E-state index is 0.152. The average Bonchev–Trinajstić information content (AvgIpc) is 3.41. The van der Waals surface area contributed by atoms with Crippen molar-refractivity contribution in [1.82, 2.24) is 5.32 Å². The Morgan fingerprint density at radius 1 is 0.466 bits per heavy atom. The molecule has 0 saturated carbocycles. The fourth-order valence-electron chi connectivity index (χ4n) is 6.89. The third-order valence-electron chi connectivity index (χ3n) is 10.6. The quantitative estimate of drug-likeness (QED) is 0.0298. The fraction of sp³-hybridized carbons (Fsp3) is 0.211. The summed E-state index contributed by atoms with van der Waals surface area (Å²) in [4.78, 5) is 59.2. The maximum atomic E-state index is 12.6. The van der Waals surface area contributed by atoms with Crippen molar-refractivity contribution >= 4 is 53.1 Å². The van der Waals surface area contributed by atoms with Gasteiger partial charge in [0.25, 0.3) is 0 Å². The number of nitrogens with two attached hydrogens (primary N) is 1. The molecule has 0 aliphatic heterocycles. The Balaban J connectivity index is 0.000000273. The van der Waals surface area contributed by atoms with Crippen LogP contribution in [-0.2, 0) is 46.2 Å². The number of methoxy groups -OCH3 is 6. The van der Waals surface area contributed by atoms with E-state index in [0.29, 0.717) is 93.1 Å². The zero-order chi connectivity index (χ0) is 52.7. The molecule has 3 N–H and O–H groups in total. The van der Waals surface area contributed by atoms with Crippen molar-refractivity contribution < 1.29 is 66.6 Å². The van der Waals surface area contributed by atoms with Gasteiger partial charge in [-0.1, -0.05) is 48.5 Å². The first-order valence-corrected chi connectivity index (χ1v) is 22.8. The third kappa shape index (κ3) is 17.4. The predicted octanol–water partition coefficient (Wildman–Crippen LogP) is 10.0. The summed E-state index contributed by atoms with van der Waals surface area (Å²) in [6, 6.07) is 39.6. The van der Waals surface area contributed by atoms with E-state index < -0.39 is 23.9 Å². The van der Waals surface area contributed by atoms with Gasteiger partial charge in [-0.3, -0.25) is 14.9 Å². The van der Waals surface area contributed by atoms with Crippen molar-refractivity contribution in [3.05, 3.63) is 167 Å². The first-order chi connectivity index (χ1) is 35.3. The standard InChI is InChI=1S/C30H31NO8.C27H27NO6/c1-5-38-30(34)31-28(32)15-8-20-6-11-23(12-7-20)39-24-13-9-22(10-14-24)27(29(33)37-4)18-21-16-25(35-2)19-26(17-21)36-3;1-31-23-14-19(15-24(17-23)32-2)16-25(27(30)33-3)20-7-11-22(12-8-20)34-21-9-4-18(5-10-21)6-13-26(28)29/h6-7,9-14,16-19H,5,8,15H2,1-4H3,(H,31,32,34);4-5,7-12,14-17H,6,13H2,1-3H3,(H2,28,29)/b27-18+;25-16+. The predicted molar refractivity (Wildman–Crippen MR) is 276 cm³/mol. The van der Waals surface area contributed by atoms with Crippen LogP contribution < -0.4 is 39.5 Å². The molecule has 380 valence electrons. The van der Waals surface area contributed by atoms with E-state index in [0.717, 1.165) is 16.7 Å². The lowest BCUT2D eigenvalue weighted by Crippen LogP contribution is -2.31. The van der Waals surface area contributed by atoms with Gasteiger partial charge < -0.3 is 48.4 Å². The van der Waals surface area contributed by atoms with Crippen LogP contribution in [0.1, 0.15) is 53.1 Å². The maximum Gasteiger partial charge on any atom is 0.413 e. The molecule has 6 aromatic rings. The number of hydrogen-bond donors (Lipinski definition) is 2. The van der Waals surface area contributed by atoms with Gasteiger partial charge in [-0.25, -0.2) is 14.4 Å². The molecule has 6 aromatic carbocycles. The molecule has 0 aliphatic rings. The Labute approximate surface area is 424 Å². The molecule has 0 atom stereocenters. The number of carbonyl (C=O) groups is 5. The summed E-state index contributed by atoms with van der Waals surface area (Å²) in [7, 11) is 8.92. The van der Waals surface area contributed by atoms with Crippen molar-refractivity contribution in [3.63, 3.8) is 0 Å². The number of benzene rings is 6. The van der Waals surface area contributed by atoms with Gasteiger partial charge in [0, 0.05) is 25.0 Å². The monoisotopic (exact) mass is 994 g/mol. The lowest BCUT2D eigenvalue weighted by atomic mass is 10.0. The molecule has 0 aliphatic carbocycles. The molecule has 0 heterocycles. The molecule has 0 saturated heterocycles. The number of esters is 2. The second-order valence-corrected chi connectivity index (χ2v) is 15.7. The highest BCUT2D eigenvalue weighted by Gasteiger charge is 2.16. The number of amides is 3. The SMILES string of the molecule is CCOC(=O)NC(=O)CCc1ccc(Oc2ccc(/C(=C\c3cc(OC)cc(OC)c3)C(=O)OC)cc2)cc1.COC(=O)/C(=C/c1cc(OC)cc(OC)c1)c1ccc(Oc2ccc(CCC(N)=O)cc2)cc1. The Kier molecular flexibility index (Phi) is 21.0. The second-order valence-electron chi connectivity index (χ2n) is 15.7. The molecule has 0 aromatic heterocycles. The van der Waals surface area contributed by atoms with Gasteiger partial charge in [-0.2, -0.15) is 0 Å². The average molecular weight is 995 g/mol. The summed E-state index contributed by atoms with van der Waals surface area (Å²) in [6.45, 7) is 1.87. The van der Waals surface area contributed by atoms with E-state index in [4.69, 9.17) is 48.4 Å². The molecular weight excluding hydrogens is 937 g/mol. The summed E-state index contributed by atoms with van der Waals surface area (Å²) in [5, 5.41) is 2.17. The minimum Gasteiger partial charge on any atom is -0.497 e. The summed E-state index contributed by atoms with van der Waals surface area (Å²) < 4.78 is 47.8. The van der Waals surface area contributed by atoms with Gasteiger partial charge in [-0.05, 0) is 138 Å². The van der Waals surface area contributed by atoms with Gasteiger partial charge in [0.1, 0.15) is 46.0 Å². The topological polar surface area (TPSA) is 206 Å². The minimum atomic E-state index is -0.744. The molecule has 0 spiro atoms. The van der Waals surface area contributed by atoms with Crippen LogP contribution in [-0.4, -0.2) is 79.1 Å². The zero-order valence-corrected chi connectivity index (χ0v) is 41.7. The molecule has 16 nitrogen and oxygen atoms in total. The van der Waals surface area contributed by atoms with Crippen LogP contribution in [0.5, 0.6) is 46.0 Å². The van der Waals surface area contributed by atoms with Crippen LogP contribution in [0.3, 0.4) is 0 Å². The van der Waals surface area contributed by atoms with Crippen molar-refractivity contribution in [2.75, 3.05) is 49.3 Å². The maximum absolute atomic E-state index is 12.6. The van der Waals surface area contributed by atoms with E-state index in [1.165, 1.54) is 14.2 Å². The number of nitrogens with one attached hydrogen (secondary N) is 1. The lowest BCUT2D eigenvalue weighted by Gasteiger charge is -2.11. The van der Waals surface area contributed by atoms with Gasteiger partial charge in [0.15, 0.2) is 0 Å². The van der Waals surface area contributed by atoms with Crippen molar-refractivity contribution in [3.8, 4) is 46.0 Å². The normalized spacial score (nSPS) is 10.9. The van der Waals surface area contributed by atoms with Crippen molar-refractivity contribution in [1.29, 1.82) is 0 Å². The number of aryl methyl sites for hydroxylation is 2. The second kappa shape index (κ2) is 28.0. The van der Waals surface area contributed by atoms with Crippen LogP contribution in [0.4, 0.5) is 4.79 Å². The Hall–Kier alpha value is -9.05. The Bertz CT molecular complexity index is 2830. The largest absolute Gasteiger partial charge is 0.497 e. The zero-order valence-electron chi connectivity index (χ0n) is 41.7. The number of primary amides is 1. The molecule has 0 fully saturated rings. The Morgan fingerprint density at radius 3 is 1.12 bits per heavy atom. The van der Waals surface area contributed by atoms with Gasteiger partial charge in [0.2, 0.25) is 11.8 Å². The van der Waals surface area contributed by atoms with E-state index in [1.807, 2.05) is 36.4 Å². The van der Waals surface area contributed by atoms with E-state index in [-0.39, 0.29) is 18.9 Å².